The lowest BCUT2D eigenvalue weighted by Gasteiger charge is -2.08. The molecule has 0 unspecified atom stereocenters. The van der Waals surface area contributed by atoms with Crippen molar-refractivity contribution in [2.24, 2.45) is 7.05 Å². The fraction of sp³-hybridized carbons (Fsp3) is 0.286. The molecule has 2 heterocycles. The van der Waals surface area contributed by atoms with Crippen LogP contribution in [0.4, 0.5) is 5.69 Å². The number of aryl methyl sites for hydroxylation is 1. The van der Waals surface area contributed by atoms with Crippen LogP contribution in [0.2, 0.25) is 0 Å². The number of amides is 2. The maximum atomic E-state index is 12.4. The average Bonchev–Trinajstić information content (AvgIpc) is 3.34. The van der Waals surface area contributed by atoms with Crippen LogP contribution in [0, 0.1) is 0 Å². The predicted molar refractivity (Wildman–Crippen MR) is 113 cm³/mol. The molecular formula is C21H24N4O3S. The van der Waals surface area contributed by atoms with Crippen LogP contribution in [0.15, 0.2) is 58.4 Å². The first-order chi connectivity index (χ1) is 14.0. The molecule has 1 aromatic carbocycles. The molecule has 0 aliphatic carbocycles. The Bertz CT molecular complexity index is 980. The smallest absolute Gasteiger partial charge is 0.287 e. The zero-order valence-electron chi connectivity index (χ0n) is 16.5. The van der Waals surface area contributed by atoms with Crippen molar-refractivity contribution >= 4 is 29.3 Å². The molecule has 0 saturated heterocycles. The number of nitrogens with one attached hydrogen (secondary N) is 2. The quantitative estimate of drug-likeness (QED) is 0.519. The highest BCUT2D eigenvalue weighted by molar-refractivity contribution is 7.98. The zero-order valence-corrected chi connectivity index (χ0v) is 17.3. The molecule has 8 heteroatoms. The van der Waals surface area contributed by atoms with Gasteiger partial charge in [0.1, 0.15) is 5.76 Å². The largest absolute Gasteiger partial charge is 0.455 e. The Kier molecular flexibility index (Phi) is 7.13. The molecule has 0 radical (unpaired) electrons. The number of carbonyl (C=O) groups excluding carboxylic acids is 2. The first-order valence-corrected chi connectivity index (χ1v) is 10.4. The summed E-state index contributed by atoms with van der Waals surface area (Å²) in [5, 5.41) is 6.59. The molecule has 0 aliphatic rings. The van der Waals surface area contributed by atoms with Gasteiger partial charge in [-0.1, -0.05) is 30.8 Å². The molecule has 0 saturated carbocycles. The van der Waals surface area contributed by atoms with Crippen LogP contribution >= 0.6 is 11.8 Å². The van der Waals surface area contributed by atoms with Crippen molar-refractivity contribution in [3.05, 3.63) is 65.9 Å². The van der Waals surface area contributed by atoms with Crippen molar-refractivity contribution in [3.63, 3.8) is 0 Å². The third-order valence-corrected chi connectivity index (χ3v) is 5.23. The second kappa shape index (κ2) is 9.97. The van der Waals surface area contributed by atoms with Crippen LogP contribution in [0.3, 0.4) is 0 Å². The molecule has 7 nitrogen and oxygen atoms in total. The summed E-state index contributed by atoms with van der Waals surface area (Å²) in [5.41, 5.74) is 1.62. The van der Waals surface area contributed by atoms with Crippen LogP contribution in [0.1, 0.15) is 41.6 Å². The number of anilines is 1. The Morgan fingerprint density at radius 2 is 2.10 bits per heavy atom. The lowest BCUT2D eigenvalue weighted by molar-refractivity contribution is -0.116. The van der Waals surface area contributed by atoms with E-state index in [1.54, 1.807) is 30.1 Å². The van der Waals surface area contributed by atoms with Gasteiger partial charge in [-0.15, -0.1) is 0 Å². The number of thioether (sulfide) groups is 1. The topological polar surface area (TPSA) is 89.2 Å². The van der Waals surface area contributed by atoms with Gasteiger partial charge in [0.25, 0.3) is 5.91 Å². The Morgan fingerprint density at radius 1 is 1.24 bits per heavy atom. The summed E-state index contributed by atoms with van der Waals surface area (Å²) >= 11 is 1.54. The lowest BCUT2D eigenvalue weighted by atomic mass is 10.2. The van der Waals surface area contributed by atoms with E-state index in [2.05, 4.69) is 15.6 Å². The van der Waals surface area contributed by atoms with Crippen molar-refractivity contribution in [2.45, 2.75) is 37.2 Å². The molecule has 3 rings (SSSR count). The Hall–Kier alpha value is -3.00. The molecule has 0 bridgehead atoms. The normalized spacial score (nSPS) is 10.7. The summed E-state index contributed by atoms with van der Waals surface area (Å²) < 4.78 is 7.58. The van der Waals surface area contributed by atoms with Gasteiger partial charge in [0.05, 0.1) is 5.75 Å². The van der Waals surface area contributed by atoms with Crippen LogP contribution in [0.5, 0.6) is 0 Å². The molecular weight excluding hydrogens is 388 g/mol. The number of furan rings is 1. The molecule has 0 fully saturated rings. The number of carbonyl (C=O) groups is 2. The molecule has 2 aromatic heterocycles. The predicted octanol–water partition coefficient (Wildman–Crippen LogP) is 3.97. The minimum Gasteiger partial charge on any atom is -0.455 e. The van der Waals surface area contributed by atoms with Gasteiger partial charge in [-0.3, -0.25) is 9.59 Å². The Balaban J connectivity index is 1.51. The van der Waals surface area contributed by atoms with E-state index in [1.807, 2.05) is 49.0 Å². The van der Waals surface area contributed by atoms with Gasteiger partial charge < -0.3 is 19.6 Å². The van der Waals surface area contributed by atoms with Gasteiger partial charge in [0.15, 0.2) is 10.9 Å². The number of imidazole rings is 1. The van der Waals surface area contributed by atoms with Crippen molar-refractivity contribution in [3.8, 4) is 0 Å². The number of aromatic nitrogens is 2. The first kappa shape index (κ1) is 20.7. The van der Waals surface area contributed by atoms with Gasteiger partial charge in [-0.25, -0.2) is 4.98 Å². The number of hydrogen-bond donors (Lipinski definition) is 2. The summed E-state index contributed by atoms with van der Waals surface area (Å²) in [7, 11) is 1.93. The maximum Gasteiger partial charge on any atom is 0.287 e. The second-order valence-corrected chi connectivity index (χ2v) is 7.50. The SMILES string of the molecule is CCCC(=O)Nc1cccc(CNC(=O)c2ccc(CSc3nccn3C)o2)c1. The van der Waals surface area contributed by atoms with E-state index in [4.69, 9.17) is 4.42 Å². The molecule has 152 valence electrons. The van der Waals surface area contributed by atoms with Gasteiger partial charge in [0, 0.05) is 38.1 Å². The zero-order chi connectivity index (χ0) is 20.6. The molecule has 0 atom stereocenters. The van der Waals surface area contributed by atoms with E-state index in [0.29, 0.717) is 24.5 Å². The fourth-order valence-corrected chi connectivity index (χ4v) is 3.51. The number of rotatable bonds is 9. The lowest BCUT2D eigenvalue weighted by Crippen LogP contribution is -2.22. The van der Waals surface area contributed by atoms with Gasteiger partial charge in [-0.2, -0.15) is 0 Å². The van der Waals surface area contributed by atoms with Crippen molar-refractivity contribution in [2.75, 3.05) is 5.32 Å². The summed E-state index contributed by atoms with van der Waals surface area (Å²) in [4.78, 5) is 28.3. The highest BCUT2D eigenvalue weighted by Crippen LogP contribution is 2.22. The fourth-order valence-electron chi connectivity index (χ4n) is 2.68. The van der Waals surface area contributed by atoms with Crippen LogP contribution in [-0.2, 0) is 24.1 Å². The third-order valence-electron chi connectivity index (χ3n) is 4.15. The molecule has 0 aliphatic heterocycles. The molecule has 2 amide bonds. The van der Waals surface area contributed by atoms with Gasteiger partial charge in [0.2, 0.25) is 5.91 Å². The minimum absolute atomic E-state index is 0.0137. The van der Waals surface area contributed by atoms with E-state index in [-0.39, 0.29) is 17.6 Å². The van der Waals surface area contributed by atoms with E-state index in [1.165, 1.54) is 0 Å². The van der Waals surface area contributed by atoms with Gasteiger partial charge >= 0.3 is 0 Å². The summed E-state index contributed by atoms with van der Waals surface area (Å²) in [5.74, 6) is 1.29. The number of nitrogens with zero attached hydrogens (tertiary/aromatic N) is 2. The summed E-state index contributed by atoms with van der Waals surface area (Å²) in [6.45, 7) is 2.30. The molecule has 3 aromatic rings. The molecule has 0 spiro atoms. The third kappa shape index (κ3) is 5.99. The second-order valence-electron chi connectivity index (χ2n) is 6.56. The maximum absolute atomic E-state index is 12.4. The first-order valence-electron chi connectivity index (χ1n) is 9.41. The van der Waals surface area contributed by atoms with Gasteiger partial charge in [-0.05, 0) is 36.2 Å². The molecule has 2 N–H and O–H groups in total. The summed E-state index contributed by atoms with van der Waals surface area (Å²) in [6, 6.07) is 10.9. The standard InChI is InChI=1S/C21H24N4O3S/c1-3-5-19(26)24-16-7-4-6-15(12-16)13-23-20(27)18-9-8-17(28-18)14-29-21-22-10-11-25(21)2/h4,6-12H,3,5,13-14H2,1-2H3,(H,23,27)(H,24,26). The Labute approximate surface area is 173 Å². The van der Waals surface area contributed by atoms with Crippen LogP contribution < -0.4 is 10.6 Å². The Morgan fingerprint density at radius 3 is 2.86 bits per heavy atom. The van der Waals surface area contributed by atoms with E-state index in [9.17, 15) is 9.59 Å². The van der Waals surface area contributed by atoms with E-state index >= 15 is 0 Å². The van der Waals surface area contributed by atoms with E-state index < -0.39 is 0 Å². The number of hydrogen-bond acceptors (Lipinski definition) is 5. The van der Waals surface area contributed by atoms with Crippen molar-refractivity contribution in [1.82, 2.24) is 14.9 Å². The highest BCUT2D eigenvalue weighted by Gasteiger charge is 2.12. The monoisotopic (exact) mass is 412 g/mol. The molecule has 29 heavy (non-hydrogen) atoms. The summed E-state index contributed by atoms with van der Waals surface area (Å²) in [6.07, 6.45) is 4.91. The number of benzene rings is 1. The average molecular weight is 413 g/mol. The van der Waals surface area contributed by atoms with E-state index in [0.717, 1.165) is 22.8 Å². The van der Waals surface area contributed by atoms with Crippen LogP contribution in [-0.4, -0.2) is 21.4 Å². The van der Waals surface area contributed by atoms with Crippen molar-refractivity contribution in [1.29, 1.82) is 0 Å². The van der Waals surface area contributed by atoms with Crippen LogP contribution in [0.25, 0.3) is 0 Å². The minimum atomic E-state index is -0.279. The highest BCUT2D eigenvalue weighted by atomic mass is 32.2. The van der Waals surface area contributed by atoms with Crippen molar-refractivity contribution < 1.29 is 14.0 Å².